The summed E-state index contributed by atoms with van der Waals surface area (Å²) in [5, 5.41) is 8.62. The van der Waals surface area contributed by atoms with Crippen molar-refractivity contribution < 1.29 is 13.2 Å². The van der Waals surface area contributed by atoms with Gasteiger partial charge in [0.2, 0.25) is 10.0 Å². The molecule has 0 amide bonds. The van der Waals surface area contributed by atoms with Crippen molar-refractivity contribution in [3.63, 3.8) is 0 Å². The van der Waals surface area contributed by atoms with Crippen LogP contribution in [0.25, 0.3) is 10.9 Å². The Kier molecular flexibility index (Phi) is 3.52. The van der Waals surface area contributed by atoms with Crippen LogP contribution >= 0.6 is 0 Å². The van der Waals surface area contributed by atoms with Gasteiger partial charge in [0.05, 0.1) is 23.7 Å². The second-order valence-electron chi connectivity index (χ2n) is 5.00. The van der Waals surface area contributed by atoms with E-state index in [1.165, 1.54) is 10.8 Å². The monoisotopic (exact) mass is 334 g/mol. The number of rotatable bonds is 4. The highest BCUT2D eigenvalue weighted by Gasteiger charge is 2.14. The van der Waals surface area contributed by atoms with Crippen LogP contribution in [0.5, 0.6) is 0 Å². The van der Waals surface area contributed by atoms with E-state index in [-0.39, 0.29) is 18.3 Å². The Hall–Kier alpha value is -2.88. The van der Waals surface area contributed by atoms with Gasteiger partial charge < -0.3 is 5.73 Å². The lowest BCUT2D eigenvalue weighted by atomic mass is 10.2. The molecule has 0 unspecified atom stereocenters. The van der Waals surface area contributed by atoms with Crippen molar-refractivity contribution in [2.24, 2.45) is 0 Å². The van der Waals surface area contributed by atoms with E-state index in [9.17, 15) is 13.2 Å². The number of nitrogen functional groups attached to an aromatic ring is 1. The zero-order valence-corrected chi connectivity index (χ0v) is 13.0. The number of nitrogens with zero attached hydrogens (tertiary/aromatic N) is 4. The topological polar surface area (TPSA) is 125 Å². The van der Waals surface area contributed by atoms with Crippen LogP contribution in [0.15, 0.2) is 36.7 Å². The highest BCUT2D eigenvalue weighted by molar-refractivity contribution is 7.92. The highest BCUT2D eigenvalue weighted by Crippen LogP contribution is 2.22. The molecule has 0 aliphatic heterocycles. The molecule has 0 saturated carbocycles. The SMILES string of the molecule is CS(=O)(=O)Nc1cnn(CC(=O)n2ccc3cccc(N)c32)n1. The minimum absolute atomic E-state index is 0.0529. The number of nitrogens with two attached hydrogens (primary N) is 1. The van der Waals surface area contributed by atoms with Crippen LogP contribution in [0.2, 0.25) is 0 Å². The standard InChI is InChI=1S/C13H14N6O3S/c1-23(21,22)17-11-7-15-19(16-11)8-12(20)18-6-5-9-3-2-4-10(14)13(9)18/h2-7H,8,14H2,1H3,(H,16,17). The number of nitrogens with one attached hydrogen (secondary N) is 1. The third-order valence-electron chi connectivity index (χ3n) is 3.11. The van der Waals surface area contributed by atoms with Crippen LogP contribution in [0, 0.1) is 0 Å². The molecule has 0 spiro atoms. The first-order valence-corrected chi connectivity index (χ1v) is 8.49. The van der Waals surface area contributed by atoms with Crippen molar-refractivity contribution >= 4 is 38.3 Å². The Morgan fingerprint density at radius 1 is 1.35 bits per heavy atom. The number of carbonyl (C=O) groups is 1. The smallest absolute Gasteiger partial charge is 0.254 e. The van der Waals surface area contributed by atoms with Crippen molar-refractivity contribution in [1.82, 2.24) is 19.6 Å². The molecular weight excluding hydrogens is 320 g/mol. The number of anilines is 2. The number of hydrogen-bond acceptors (Lipinski definition) is 6. The molecule has 9 nitrogen and oxygen atoms in total. The lowest BCUT2D eigenvalue weighted by Gasteiger charge is -2.05. The molecule has 3 aromatic rings. The molecule has 0 bridgehead atoms. The van der Waals surface area contributed by atoms with Gasteiger partial charge in [-0.3, -0.25) is 14.1 Å². The highest BCUT2D eigenvalue weighted by atomic mass is 32.2. The summed E-state index contributed by atoms with van der Waals surface area (Å²) in [6, 6.07) is 7.17. The van der Waals surface area contributed by atoms with E-state index in [0.29, 0.717) is 11.2 Å². The molecule has 0 aliphatic rings. The fourth-order valence-corrected chi connectivity index (χ4v) is 2.71. The summed E-state index contributed by atoms with van der Waals surface area (Å²) < 4.78 is 25.9. The van der Waals surface area contributed by atoms with Gasteiger partial charge in [-0.25, -0.2) is 8.42 Å². The van der Waals surface area contributed by atoms with Crippen molar-refractivity contribution in [2.75, 3.05) is 16.7 Å². The second kappa shape index (κ2) is 5.39. The van der Waals surface area contributed by atoms with E-state index in [2.05, 4.69) is 14.9 Å². The van der Waals surface area contributed by atoms with E-state index in [4.69, 9.17) is 5.73 Å². The quantitative estimate of drug-likeness (QED) is 0.670. The maximum atomic E-state index is 12.4. The van der Waals surface area contributed by atoms with E-state index in [1.54, 1.807) is 18.3 Å². The summed E-state index contributed by atoms with van der Waals surface area (Å²) in [5.41, 5.74) is 7.04. The Labute approximate surface area is 131 Å². The van der Waals surface area contributed by atoms with Gasteiger partial charge in [0.25, 0.3) is 5.91 Å². The zero-order valence-electron chi connectivity index (χ0n) is 12.2. The number of aromatic nitrogens is 4. The Bertz CT molecular complexity index is 988. The van der Waals surface area contributed by atoms with E-state index in [0.717, 1.165) is 16.4 Å². The minimum Gasteiger partial charge on any atom is -0.397 e. The number of hydrogen-bond donors (Lipinski definition) is 2. The molecule has 2 heterocycles. The summed E-state index contributed by atoms with van der Waals surface area (Å²) in [6.45, 7) is -0.149. The van der Waals surface area contributed by atoms with Crippen LogP contribution in [-0.2, 0) is 16.6 Å². The molecule has 120 valence electrons. The first-order chi connectivity index (χ1) is 10.8. The molecule has 2 aromatic heterocycles. The van der Waals surface area contributed by atoms with Gasteiger partial charge in [0.15, 0.2) is 5.82 Å². The molecule has 0 fully saturated rings. The average molecular weight is 334 g/mol. The summed E-state index contributed by atoms with van der Waals surface area (Å²) in [6.07, 6.45) is 3.87. The Morgan fingerprint density at radius 2 is 2.13 bits per heavy atom. The van der Waals surface area contributed by atoms with Crippen LogP contribution in [-0.4, -0.2) is 40.1 Å². The number of fused-ring (bicyclic) bond motifs is 1. The van der Waals surface area contributed by atoms with Crippen molar-refractivity contribution in [3.05, 3.63) is 36.7 Å². The second-order valence-corrected chi connectivity index (χ2v) is 6.75. The van der Waals surface area contributed by atoms with Gasteiger partial charge >= 0.3 is 0 Å². The lowest BCUT2D eigenvalue weighted by Crippen LogP contribution is -2.19. The Morgan fingerprint density at radius 3 is 2.87 bits per heavy atom. The summed E-state index contributed by atoms with van der Waals surface area (Å²) in [4.78, 5) is 13.5. The zero-order chi connectivity index (χ0) is 16.6. The third-order valence-corrected chi connectivity index (χ3v) is 3.69. The third kappa shape index (κ3) is 3.16. The normalized spacial score (nSPS) is 11.7. The van der Waals surface area contributed by atoms with E-state index < -0.39 is 10.0 Å². The van der Waals surface area contributed by atoms with E-state index in [1.807, 2.05) is 12.1 Å². The number of para-hydroxylation sites is 1. The van der Waals surface area contributed by atoms with Gasteiger partial charge in [0.1, 0.15) is 6.54 Å². The van der Waals surface area contributed by atoms with Gasteiger partial charge in [-0.2, -0.15) is 9.90 Å². The molecule has 3 rings (SSSR count). The molecule has 1 aromatic carbocycles. The van der Waals surface area contributed by atoms with Crippen molar-refractivity contribution in [2.45, 2.75) is 6.54 Å². The van der Waals surface area contributed by atoms with Gasteiger partial charge in [-0.15, -0.1) is 5.10 Å². The molecule has 3 N–H and O–H groups in total. The lowest BCUT2D eigenvalue weighted by molar-refractivity contribution is 0.0886. The molecular formula is C13H14N6O3S. The molecule has 23 heavy (non-hydrogen) atoms. The van der Waals surface area contributed by atoms with Crippen molar-refractivity contribution in [3.8, 4) is 0 Å². The first kappa shape index (κ1) is 15.0. The number of carbonyl (C=O) groups excluding carboxylic acids is 1. The predicted molar refractivity (Wildman–Crippen MR) is 85.5 cm³/mol. The molecule has 0 atom stereocenters. The van der Waals surface area contributed by atoms with Gasteiger partial charge in [-0.05, 0) is 12.1 Å². The van der Waals surface area contributed by atoms with Crippen LogP contribution in [0.3, 0.4) is 0 Å². The number of benzene rings is 1. The largest absolute Gasteiger partial charge is 0.397 e. The predicted octanol–water partition coefficient (Wildman–Crippen LogP) is 0.527. The molecule has 10 heteroatoms. The van der Waals surface area contributed by atoms with Crippen LogP contribution in [0.1, 0.15) is 4.79 Å². The van der Waals surface area contributed by atoms with Gasteiger partial charge in [-0.1, -0.05) is 12.1 Å². The summed E-state index contributed by atoms with van der Waals surface area (Å²) >= 11 is 0. The maximum Gasteiger partial charge on any atom is 0.254 e. The van der Waals surface area contributed by atoms with Crippen LogP contribution in [0.4, 0.5) is 11.5 Å². The average Bonchev–Trinajstić information content (AvgIpc) is 3.04. The van der Waals surface area contributed by atoms with Crippen molar-refractivity contribution in [1.29, 1.82) is 0 Å². The molecule has 0 radical (unpaired) electrons. The van der Waals surface area contributed by atoms with Gasteiger partial charge in [0, 0.05) is 11.6 Å². The molecule has 0 aliphatic carbocycles. The molecule has 0 saturated heterocycles. The summed E-state index contributed by atoms with van der Waals surface area (Å²) in [5.74, 6) is -0.239. The minimum atomic E-state index is -3.44. The first-order valence-electron chi connectivity index (χ1n) is 6.60. The fourth-order valence-electron chi connectivity index (χ4n) is 2.24. The number of sulfonamides is 1. The fraction of sp³-hybridized carbons (Fsp3) is 0.154. The van der Waals surface area contributed by atoms with Crippen LogP contribution < -0.4 is 10.5 Å². The summed E-state index contributed by atoms with van der Waals surface area (Å²) in [7, 11) is -3.44. The Balaban J connectivity index is 1.84. The van der Waals surface area contributed by atoms with E-state index >= 15 is 0 Å². The maximum absolute atomic E-state index is 12.4.